The number of carbonyl (C=O) groups is 1. The fraction of sp³-hybridized carbons (Fsp3) is 0.588. The summed E-state index contributed by atoms with van der Waals surface area (Å²) in [6.45, 7) is 4.38. The monoisotopic (exact) mass is 376 g/mol. The molecule has 1 aromatic carbocycles. The predicted molar refractivity (Wildman–Crippen MR) is 90.1 cm³/mol. The van der Waals surface area contributed by atoms with Gasteiger partial charge in [0.1, 0.15) is 5.82 Å². The summed E-state index contributed by atoms with van der Waals surface area (Å²) < 4.78 is 18.2. The van der Waals surface area contributed by atoms with Gasteiger partial charge in [-0.3, -0.25) is 4.79 Å². The molecule has 5 heteroatoms. The second-order valence-corrected chi connectivity index (χ2v) is 5.66. The number of aliphatic hydroxyl groups is 1. The molecule has 0 saturated heterocycles. The summed E-state index contributed by atoms with van der Waals surface area (Å²) in [5.41, 5.74) is 0.425. The number of methoxy groups -OCH3 is 1. The Bertz CT molecular complexity index is 400. The SMILES string of the molecule is CC.COC=O.OC(c1c(F)cccc1Br)C1CCCCC1. The maximum Gasteiger partial charge on any atom is 0.292 e. The second-order valence-electron chi connectivity index (χ2n) is 4.81. The molecular formula is C17H26BrFO3. The van der Waals surface area contributed by atoms with Crippen molar-refractivity contribution >= 4 is 22.4 Å². The molecule has 3 nitrogen and oxygen atoms in total. The first kappa shape index (κ1) is 21.1. The van der Waals surface area contributed by atoms with E-state index in [2.05, 4.69) is 20.7 Å². The van der Waals surface area contributed by atoms with Crippen LogP contribution in [0.3, 0.4) is 0 Å². The van der Waals surface area contributed by atoms with Crippen LogP contribution >= 0.6 is 15.9 Å². The molecule has 1 aliphatic rings. The average Bonchev–Trinajstić information content (AvgIpc) is 2.57. The number of carbonyl (C=O) groups excluding carboxylic acids is 1. The molecule has 1 aliphatic carbocycles. The van der Waals surface area contributed by atoms with Gasteiger partial charge in [0.2, 0.25) is 0 Å². The summed E-state index contributed by atoms with van der Waals surface area (Å²) in [4.78, 5) is 8.95. The molecule has 1 N–H and O–H groups in total. The zero-order valence-corrected chi connectivity index (χ0v) is 15.1. The molecule has 1 aromatic rings. The molecular weight excluding hydrogens is 351 g/mol. The number of aliphatic hydroxyl groups excluding tert-OH is 1. The van der Waals surface area contributed by atoms with Crippen molar-refractivity contribution in [3.63, 3.8) is 0 Å². The number of halogens is 2. The van der Waals surface area contributed by atoms with Gasteiger partial charge in [-0.1, -0.05) is 55.1 Å². The topological polar surface area (TPSA) is 46.5 Å². The second kappa shape index (κ2) is 12.6. The Balaban J connectivity index is 0.000000640. The van der Waals surface area contributed by atoms with E-state index >= 15 is 0 Å². The highest BCUT2D eigenvalue weighted by Crippen LogP contribution is 2.37. The minimum atomic E-state index is -0.670. The van der Waals surface area contributed by atoms with Crippen LogP contribution in [0.25, 0.3) is 0 Å². The van der Waals surface area contributed by atoms with Crippen molar-refractivity contribution in [1.82, 2.24) is 0 Å². The largest absolute Gasteiger partial charge is 0.471 e. The summed E-state index contributed by atoms with van der Waals surface area (Å²) in [6.07, 6.45) is 4.86. The standard InChI is InChI=1S/C13H16BrFO.C2H4O2.C2H6/c14-10-7-4-8-11(15)12(10)13(16)9-5-2-1-3-6-9;1-4-2-3;1-2/h4,7-9,13,16H,1-3,5-6H2;2H,1H3;1-2H3. The normalized spacial score (nSPS) is 15.5. The van der Waals surface area contributed by atoms with Crippen LogP contribution in [-0.2, 0) is 9.53 Å². The Hall–Kier alpha value is -0.940. The van der Waals surface area contributed by atoms with Gasteiger partial charge < -0.3 is 9.84 Å². The molecule has 1 saturated carbocycles. The molecule has 2 rings (SSSR count). The summed E-state index contributed by atoms with van der Waals surface area (Å²) >= 11 is 3.31. The van der Waals surface area contributed by atoms with Gasteiger partial charge in [-0.05, 0) is 30.9 Å². The van der Waals surface area contributed by atoms with Gasteiger partial charge in [0.15, 0.2) is 0 Å². The van der Waals surface area contributed by atoms with Crippen molar-refractivity contribution in [3.05, 3.63) is 34.1 Å². The Morgan fingerprint density at radius 2 is 1.86 bits per heavy atom. The van der Waals surface area contributed by atoms with Crippen LogP contribution in [0.2, 0.25) is 0 Å². The van der Waals surface area contributed by atoms with Crippen molar-refractivity contribution < 1.29 is 19.0 Å². The van der Waals surface area contributed by atoms with Gasteiger partial charge in [-0.15, -0.1) is 0 Å². The van der Waals surface area contributed by atoms with Crippen LogP contribution in [0.5, 0.6) is 0 Å². The molecule has 126 valence electrons. The zero-order chi connectivity index (χ0) is 17.0. The third-order valence-electron chi connectivity index (χ3n) is 3.49. The van der Waals surface area contributed by atoms with E-state index in [0.29, 0.717) is 16.5 Å². The van der Waals surface area contributed by atoms with Gasteiger partial charge in [-0.2, -0.15) is 0 Å². The van der Waals surface area contributed by atoms with Crippen LogP contribution in [0.1, 0.15) is 57.6 Å². The Morgan fingerprint density at radius 1 is 1.32 bits per heavy atom. The van der Waals surface area contributed by atoms with Gasteiger partial charge in [0.05, 0.1) is 13.2 Å². The maximum absolute atomic E-state index is 13.7. The Morgan fingerprint density at radius 3 is 2.32 bits per heavy atom. The van der Waals surface area contributed by atoms with E-state index < -0.39 is 6.10 Å². The molecule has 0 aliphatic heterocycles. The third kappa shape index (κ3) is 6.88. The van der Waals surface area contributed by atoms with E-state index in [1.807, 2.05) is 13.8 Å². The number of hydrogen-bond donors (Lipinski definition) is 1. The Labute approximate surface area is 141 Å². The third-order valence-corrected chi connectivity index (χ3v) is 4.18. The summed E-state index contributed by atoms with van der Waals surface area (Å²) in [7, 11) is 1.31. The molecule has 1 atom stereocenters. The van der Waals surface area contributed by atoms with E-state index in [0.717, 1.165) is 25.7 Å². The Kier molecular flexibility index (Phi) is 12.1. The maximum atomic E-state index is 13.7. The summed E-state index contributed by atoms with van der Waals surface area (Å²) in [5.74, 6) is -0.102. The summed E-state index contributed by atoms with van der Waals surface area (Å²) in [6, 6.07) is 4.84. The minimum Gasteiger partial charge on any atom is -0.471 e. The molecule has 0 heterocycles. The van der Waals surface area contributed by atoms with Crippen molar-refractivity contribution in [2.75, 3.05) is 7.11 Å². The van der Waals surface area contributed by atoms with E-state index in [4.69, 9.17) is 4.79 Å². The van der Waals surface area contributed by atoms with Crippen LogP contribution in [0, 0.1) is 11.7 Å². The van der Waals surface area contributed by atoms with Crippen molar-refractivity contribution in [1.29, 1.82) is 0 Å². The van der Waals surface area contributed by atoms with E-state index in [1.165, 1.54) is 19.6 Å². The molecule has 1 fully saturated rings. The van der Waals surface area contributed by atoms with E-state index in [1.54, 1.807) is 12.1 Å². The minimum absolute atomic E-state index is 0.210. The number of benzene rings is 1. The van der Waals surface area contributed by atoms with Crippen LogP contribution < -0.4 is 0 Å². The molecule has 0 spiro atoms. The van der Waals surface area contributed by atoms with E-state index in [9.17, 15) is 9.50 Å². The quantitative estimate of drug-likeness (QED) is 0.753. The van der Waals surface area contributed by atoms with Crippen molar-refractivity contribution in [2.45, 2.75) is 52.1 Å². The first-order valence-electron chi connectivity index (χ1n) is 7.70. The van der Waals surface area contributed by atoms with Gasteiger partial charge in [0, 0.05) is 10.0 Å². The lowest BCUT2D eigenvalue weighted by atomic mass is 9.82. The highest BCUT2D eigenvalue weighted by atomic mass is 79.9. The first-order chi connectivity index (χ1) is 10.6. The van der Waals surface area contributed by atoms with Crippen molar-refractivity contribution in [3.8, 4) is 0 Å². The highest BCUT2D eigenvalue weighted by Gasteiger charge is 2.26. The van der Waals surface area contributed by atoms with E-state index in [-0.39, 0.29) is 11.7 Å². The summed E-state index contributed by atoms with van der Waals surface area (Å²) in [5, 5.41) is 10.2. The number of rotatable bonds is 3. The number of ether oxygens (including phenoxy) is 1. The predicted octanol–water partition coefficient (Wildman–Crippen LogP) is 5.02. The lowest BCUT2D eigenvalue weighted by Gasteiger charge is -2.27. The molecule has 1 unspecified atom stereocenters. The van der Waals surface area contributed by atoms with Crippen LogP contribution in [-0.4, -0.2) is 18.7 Å². The fourth-order valence-electron chi connectivity index (χ4n) is 2.48. The lowest BCUT2D eigenvalue weighted by molar-refractivity contribution is -0.126. The van der Waals surface area contributed by atoms with Gasteiger partial charge in [0.25, 0.3) is 6.47 Å². The molecule has 0 amide bonds. The molecule has 0 bridgehead atoms. The molecule has 0 aromatic heterocycles. The zero-order valence-electron chi connectivity index (χ0n) is 13.5. The molecule has 0 radical (unpaired) electrons. The van der Waals surface area contributed by atoms with Crippen molar-refractivity contribution in [2.24, 2.45) is 5.92 Å². The number of hydrogen-bond acceptors (Lipinski definition) is 3. The van der Waals surface area contributed by atoms with Gasteiger partial charge >= 0.3 is 0 Å². The average molecular weight is 377 g/mol. The highest BCUT2D eigenvalue weighted by molar-refractivity contribution is 9.10. The fourth-order valence-corrected chi connectivity index (χ4v) is 3.06. The smallest absolute Gasteiger partial charge is 0.292 e. The first-order valence-corrected chi connectivity index (χ1v) is 8.49. The molecule has 22 heavy (non-hydrogen) atoms. The van der Waals surface area contributed by atoms with Crippen LogP contribution in [0.4, 0.5) is 4.39 Å². The van der Waals surface area contributed by atoms with Gasteiger partial charge in [-0.25, -0.2) is 4.39 Å². The lowest BCUT2D eigenvalue weighted by Crippen LogP contribution is -2.17. The van der Waals surface area contributed by atoms with Crippen LogP contribution in [0.15, 0.2) is 22.7 Å².